The molecule has 16 heteroatoms. The van der Waals surface area contributed by atoms with E-state index in [4.69, 9.17) is 33.5 Å². The van der Waals surface area contributed by atoms with Crippen LogP contribution in [0.25, 0.3) is 0 Å². The zero-order valence-corrected chi connectivity index (χ0v) is 25.5. The molecule has 0 aromatic carbocycles. The van der Waals surface area contributed by atoms with E-state index in [1.807, 2.05) is 6.92 Å². The van der Waals surface area contributed by atoms with Crippen molar-refractivity contribution in [2.45, 2.75) is 45.6 Å². The Balaban J connectivity index is 3.48. The Kier molecular flexibility index (Phi) is 27.2. The minimum absolute atomic E-state index is 0.0143. The van der Waals surface area contributed by atoms with Gasteiger partial charge in [-0.25, -0.2) is 4.79 Å². The van der Waals surface area contributed by atoms with Gasteiger partial charge in [-0.3, -0.25) is 19.2 Å². The van der Waals surface area contributed by atoms with Crippen molar-refractivity contribution in [1.29, 1.82) is 0 Å². The highest BCUT2D eigenvalue weighted by atomic mass is 16.5. The number of aliphatic carboxylic acids is 1. The van der Waals surface area contributed by atoms with Gasteiger partial charge >= 0.3 is 5.97 Å². The Hall–Kier alpha value is -2.89. The van der Waals surface area contributed by atoms with Gasteiger partial charge in [0, 0.05) is 45.5 Å². The molecule has 0 aliphatic carbocycles. The van der Waals surface area contributed by atoms with Crippen LogP contribution in [0.5, 0.6) is 0 Å². The van der Waals surface area contributed by atoms with Gasteiger partial charge in [-0.2, -0.15) is 0 Å². The number of carboxylic acids is 1. The van der Waals surface area contributed by atoms with E-state index in [1.165, 1.54) is 0 Å². The van der Waals surface area contributed by atoms with Crippen molar-refractivity contribution in [3.8, 4) is 0 Å². The molecule has 0 bridgehead atoms. The maximum atomic E-state index is 11.8. The van der Waals surface area contributed by atoms with Gasteiger partial charge in [-0.1, -0.05) is 6.92 Å². The molecule has 4 amide bonds. The van der Waals surface area contributed by atoms with Crippen molar-refractivity contribution < 1.29 is 57.5 Å². The molecular formula is C27H50N4O12. The molecule has 250 valence electrons. The highest BCUT2D eigenvalue weighted by Crippen LogP contribution is 1.99. The third kappa shape index (κ3) is 27.7. The van der Waals surface area contributed by atoms with Gasteiger partial charge in [0.15, 0.2) is 0 Å². The van der Waals surface area contributed by atoms with Gasteiger partial charge in [-0.15, -0.1) is 0 Å². The molecule has 0 aromatic rings. The van der Waals surface area contributed by atoms with E-state index in [0.717, 1.165) is 0 Å². The first-order chi connectivity index (χ1) is 20.8. The zero-order valence-electron chi connectivity index (χ0n) is 25.5. The first kappa shape index (κ1) is 40.1. The van der Waals surface area contributed by atoms with Crippen LogP contribution in [-0.4, -0.2) is 140 Å². The minimum Gasteiger partial charge on any atom is -0.480 e. The van der Waals surface area contributed by atoms with Crippen LogP contribution in [0.2, 0.25) is 0 Å². The van der Waals surface area contributed by atoms with Crippen molar-refractivity contribution in [3.05, 3.63) is 0 Å². The fourth-order valence-electron chi connectivity index (χ4n) is 3.08. The molecule has 0 radical (unpaired) electrons. The lowest BCUT2D eigenvalue weighted by molar-refractivity contribution is -0.142. The van der Waals surface area contributed by atoms with E-state index in [0.29, 0.717) is 59.3 Å². The second kappa shape index (κ2) is 29.2. The molecule has 0 fully saturated rings. The van der Waals surface area contributed by atoms with E-state index in [2.05, 4.69) is 21.3 Å². The second-order valence-electron chi connectivity index (χ2n) is 8.85. The number of hydrogen-bond acceptors (Lipinski definition) is 11. The van der Waals surface area contributed by atoms with Gasteiger partial charge in [0.1, 0.15) is 12.6 Å². The monoisotopic (exact) mass is 622 g/mol. The van der Waals surface area contributed by atoms with Crippen LogP contribution in [-0.2, 0) is 52.4 Å². The SMILES string of the molecule is CCOCCOCCNC(=O)CCOCCOCCNC(=O)COCCOCCNC(=O)CCC(NC(=O)CC)C(=O)O. The number of ether oxygens (including phenoxy) is 6. The van der Waals surface area contributed by atoms with Crippen molar-refractivity contribution in [3.63, 3.8) is 0 Å². The highest BCUT2D eigenvalue weighted by Gasteiger charge is 2.20. The van der Waals surface area contributed by atoms with E-state index in [-0.39, 0.29) is 83.0 Å². The lowest BCUT2D eigenvalue weighted by atomic mass is 10.1. The van der Waals surface area contributed by atoms with Crippen molar-refractivity contribution in [2.24, 2.45) is 0 Å². The first-order valence-electron chi connectivity index (χ1n) is 14.6. The molecule has 5 N–H and O–H groups in total. The summed E-state index contributed by atoms with van der Waals surface area (Å²) < 4.78 is 31.7. The largest absolute Gasteiger partial charge is 0.480 e. The number of nitrogens with one attached hydrogen (secondary N) is 4. The van der Waals surface area contributed by atoms with E-state index < -0.39 is 17.9 Å². The molecule has 1 atom stereocenters. The van der Waals surface area contributed by atoms with Crippen LogP contribution in [0.4, 0.5) is 0 Å². The van der Waals surface area contributed by atoms with Gasteiger partial charge in [0.2, 0.25) is 23.6 Å². The molecule has 0 spiro atoms. The predicted molar refractivity (Wildman–Crippen MR) is 153 cm³/mol. The Morgan fingerprint density at radius 1 is 0.558 bits per heavy atom. The van der Waals surface area contributed by atoms with E-state index >= 15 is 0 Å². The predicted octanol–water partition coefficient (Wildman–Crippen LogP) is -1.40. The molecule has 16 nitrogen and oxygen atoms in total. The summed E-state index contributed by atoms with van der Waals surface area (Å²) in [5.74, 6) is -2.35. The summed E-state index contributed by atoms with van der Waals surface area (Å²) in [5.41, 5.74) is 0. The number of carboxylic acid groups (broad SMARTS) is 1. The number of rotatable bonds is 30. The molecule has 43 heavy (non-hydrogen) atoms. The Labute approximate surface area is 253 Å². The summed E-state index contributed by atoms with van der Waals surface area (Å²) in [6.45, 7) is 8.36. The molecular weight excluding hydrogens is 572 g/mol. The van der Waals surface area contributed by atoms with Crippen LogP contribution in [0.1, 0.15) is 39.5 Å². The maximum Gasteiger partial charge on any atom is 0.326 e. The summed E-state index contributed by atoms with van der Waals surface area (Å²) in [7, 11) is 0. The van der Waals surface area contributed by atoms with Crippen LogP contribution in [0.15, 0.2) is 0 Å². The molecule has 0 aliphatic rings. The molecule has 0 rings (SSSR count). The Morgan fingerprint density at radius 3 is 1.53 bits per heavy atom. The van der Waals surface area contributed by atoms with Crippen molar-refractivity contribution in [2.75, 3.05) is 98.9 Å². The topological polar surface area (TPSA) is 209 Å². The zero-order chi connectivity index (χ0) is 32.0. The second-order valence-corrected chi connectivity index (χ2v) is 8.85. The fourth-order valence-corrected chi connectivity index (χ4v) is 3.08. The maximum absolute atomic E-state index is 11.8. The van der Waals surface area contributed by atoms with Crippen molar-refractivity contribution in [1.82, 2.24) is 21.3 Å². The van der Waals surface area contributed by atoms with Crippen molar-refractivity contribution >= 4 is 29.6 Å². The average molecular weight is 623 g/mol. The first-order valence-corrected chi connectivity index (χ1v) is 14.6. The quantitative estimate of drug-likeness (QED) is 0.0586. The van der Waals surface area contributed by atoms with Crippen LogP contribution in [0, 0.1) is 0 Å². The number of hydrogen-bond donors (Lipinski definition) is 5. The summed E-state index contributed by atoms with van der Waals surface area (Å²) >= 11 is 0. The summed E-state index contributed by atoms with van der Waals surface area (Å²) in [5, 5.41) is 19.5. The highest BCUT2D eigenvalue weighted by molar-refractivity contribution is 5.84. The van der Waals surface area contributed by atoms with Crippen LogP contribution >= 0.6 is 0 Å². The number of carbonyl (C=O) groups is 5. The number of amides is 4. The Bertz CT molecular complexity index is 772. The smallest absolute Gasteiger partial charge is 0.326 e. The lowest BCUT2D eigenvalue weighted by Gasteiger charge is -2.13. The van der Waals surface area contributed by atoms with Crippen LogP contribution in [0.3, 0.4) is 0 Å². The van der Waals surface area contributed by atoms with E-state index in [1.54, 1.807) is 6.92 Å². The summed E-state index contributed by atoms with van der Waals surface area (Å²) in [6, 6.07) is -1.11. The summed E-state index contributed by atoms with van der Waals surface area (Å²) in [6.07, 6.45) is 0.341. The normalized spacial score (nSPS) is 11.5. The third-order valence-electron chi connectivity index (χ3n) is 5.35. The molecule has 0 heterocycles. The van der Waals surface area contributed by atoms with Crippen LogP contribution < -0.4 is 21.3 Å². The third-order valence-corrected chi connectivity index (χ3v) is 5.35. The van der Waals surface area contributed by atoms with Gasteiger partial charge in [-0.05, 0) is 13.3 Å². The Morgan fingerprint density at radius 2 is 1.02 bits per heavy atom. The fraction of sp³-hybridized carbons (Fsp3) is 0.815. The standard InChI is InChI=1S/C27H50N4O12/c1-3-23(32)31-22(27(36)37)5-6-24(33)28-8-12-42-19-20-43-21-26(35)30-10-14-41-18-17-39-11-7-25(34)29-9-13-40-16-15-38-4-2/h22H,3-21H2,1-2H3,(H,28,33)(H,29,34)(H,30,35)(H,31,32)(H,36,37). The molecule has 0 saturated heterocycles. The molecule has 1 unspecified atom stereocenters. The minimum atomic E-state index is -1.19. The van der Waals surface area contributed by atoms with Gasteiger partial charge in [0.25, 0.3) is 0 Å². The van der Waals surface area contributed by atoms with Gasteiger partial charge in [0.05, 0.1) is 66.1 Å². The lowest BCUT2D eigenvalue weighted by Crippen LogP contribution is -2.41. The van der Waals surface area contributed by atoms with E-state index in [9.17, 15) is 24.0 Å². The number of carbonyl (C=O) groups excluding carboxylic acids is 4. The van der Waals surface area contributed by atoms with Gasteiger partial charge < -0.3 is 54.8 Å². The average Bonchev–Trinajstić information content (AvgIpc) is 2.98. The molecule has 0 aliphatic heterocycles. The molecule has 0 saturated carbocycles. The molecule has 0 aromatic heterocycles. The summed E-state index contributed by atoms with van der Waals surface area (Å²) in [4.78, 5) is 57.8.